The zero-order valence-electron chi connectivity index (χ0n) is 14.2. The summed E-state index contributed by atoms with van der Waals surface area (Å²) in [6.07, 6.45) is 4.33. The fraction of sp³-hybridized carbons (Fsp3) is 0.650. The maximum absolute atomic E-state index is 12.7. The number of ether oxygens (including phenoxy) is 1. The van der Waals surface area contributed by atoms with Crippen LogP contribution in [0.2, 0.25) is 0 Å². The molecule has 0 amide bonds. The lowest BCUT2D eigenvalue weighted by atomic mass is 9.49. The van der Waals surface area contributed by atoms with Crippen LogP contribution in [0, 0.1) is 5.92 Å². The zero-order valence-corrected chi connectivity index (χ0v) is 14.2. The molecule has 1 spiro atoms. The Bertz CT molecular complexity index is 803. The van der Waals surface area contributed by atoms with Crippen molar-refractivity contribution in [3.8, 4) is 11.5 Å². The van der Waals surface area contributed by atoms with Gasteiger partial charge in [-0.3, -0.25) is 9.69 Å². The lowest BCUT2D eigenvalue weighted by Crippen LogP contribution is -2.76. The zero-order chi connectivity index (χ0) is 17.0. The van der Waals surface area contributed by atoms with E-state index in [1.165, 1.54) is 12.8 Å². The minimum atomic E-state index is -0.940. The largest absolute Gasteiger partial charge is 0.504 e. The van der Waals surface area contributed by atoms with E-state index in [-0.39, 0.29) is 17.6 Å². The molecule has 0 radical (unpaired) electrons. The number of aliphatic hydroxyl groups is 1. The molecular formula is C20H23NO4. The minimum Gasteiger partial charge on any atom is -0.504 e. The van der Waals surface area contributed by atoms with E-state index in [9.17, 15) is 15.0 Å². The predicted molar refractivity (Wildman–Crippen MR) is 89.8 cm³/mol. The summed E-state index contributed by atoms with van der Waals surface area (Å²) in [7, 11) is 0. The molecule has 2 heterocycles. The minimum absolute atomic E-state index is 0.0454. The van der Waals surface area contributed by atoms with Crippen LogP contribution in [-0.2, 0) is 16.6 Å². The Morgan fingerprint density at radius 3 is 2.92 bits per heavy atom. The molecule has 0 unspecified atom stereocenters. The van der Waals surface area contributed by atoms with Gasteiger partial charge in [-0.2, -0.15) is 0 Å². The highest BCUT2D eigenvalue weighted by Crippen LogP contribution is 2.64. The second kappa shape index (κ2) is 4.38. The van der Waals surface area contributed by atoms with Crippen LogP contribution in [0.15, 0.2) is 12.1 Å². The number of rotatable bonds is 2. The van der Waals surface area contributed by atoms with Crippen LogP contribution < -0.4 is 4.74 Å². The lowest BCUT2D eigenvalue weighted by Gasteiger charge is -2.62. The summed E-state index contributed by atoms with van der Waals surface area (Å²) in [5, 5.41) is 22.3. The van der Waals surface area contributed by atoms with Gasteiger partial charge in [0.15, 0.2) is 23.4 Å². The number of likely N-dealkylation sites (tertiary alicyclic amines) is 1. The first-order chi connectivity index (χ1) is 12.0. The second-order valence-corrected chi connectivity index (χ2v) is 8.72. The molecule has 3 fully saturated rings. The van der Waals surface area contributed by atoms with Gasteiger partial charge in [-0.25, -0.2) is 0 Å². The molecule has 0 aromatic heterocycles. The van der Waals surface area contributed by atoms with Crippen molar-refractivity contribution in [1.29, 1.82) is 0 Å². The van der Waals surface area contributed by atoms with Gasteiger partial charge in [0.2, 0.25) is 0 Å². The number of carbonyl (C=O) groups is 1. The highest BCUT2D eigenvalue weighted by molar-refractivity contribution is 5.90. The van der Waals surface area contributed by atoms with Gasteiger partial charge in [0.05, 0.1) is 11.0 Å². The SMILES string of the molecule is O=C1CC[C@@]2(O)[C@@H]3Cc4ccc(O)c5c4[C@@]2(CCN3CC2CC2)[C@H]1O5. The molecule has 6 rings (SSSR count). The van der Waals surface area contributed by atoms with E-state index >= 15 is 0 Å². The number of carbonyl (C=O) groups excluding carboxylic acids is 1. The lowest BCUT2D eigenvalue weighted by molar-refractivity contribution is -0.188. The van der Waals surface area contributed by atoms with Gasteiger partial charge in [0, 0.05) is 24.6 Å². The van der Waals surface area contributed by atoms with Crippen LogP contribution in [0.3, 0.4) is 0 Å². The molecule has 5 aliphatic rings. The number of nitrogens with zero attached hydrogens (tertiary/aromatic N) is 1. The Balaban J connectivity index is 1.58. The van der Waals surface area contributed by atoms with Crippen LogP contribution in [0.5, 0.6) is 11.5 Å². The predicted octanol–water partition coefficient (Wildman–Crippen LogP) is 1.53. The fourth-order valence-electron chi connectivity index (χ4n) is 6.26. The number of hydrogen-bond acceptors (Lipinski definition) is 5. The molecule has 1 aromatic rings. The Hall–Kier alpha value is -1.59. The van der Waals surface area contributed by atoms with Crippen molar-refractivity contribution in [2.45, 2.75) is 61.7 Å². The maximum Gasteiger partial charge on any atom is 0.174 e. The van der Waals surface area contributed by atoms with Gasteiger partial charge < -0.3 is 14.9 Å². The van der Waals surface area contributed by atoms with Crippen LogP contribution in [0.25, 0.3) is 0 Å². The van der Waals surface area contributed by atoms with Gasteiger partial charge in [-0.15, -0.1) is 0 Å². The van der Waals surface area contributed by atoms with Crippen molar-refractivity contribution in [2.75, 3.05) is 13.1 Å². The van der Waals surface area contributed by atoms with E-state index in [1.54, 1.807) is 6.07 Å². The standard InChI is InChI=1S/C20H23NO4/c22-13-4-3-12-9-15-20(24)6-5-14(23)18-19(20,16(12)17(13)25-18)7-8-21(15)10-11-1-2-11/h3-4,11,15,18,22,24H,1-2,5-10H2/t15-,18-,19-,20+/m0/s1. The van der Waals surface area contributed by atoms with Gasteiger partial charge in [-0.1, -0.05) is 6.07 Å². The van der Waals surface area contributed by atoms with Crippen molar-refractivity contribution in [1.82, 2.24) is 4.90 Å². The first kappa shape index (κ1) is 14.6. The molecule has 3 aliphatic carbocycles. The number of phenols is 1. The topological polar surface area (TPSA) is 70.0 Å². The highest BCUT2D eigenvalue weighted by Gasteiger charge is 2.73. The molecule has 1 aromatic carbocycles. The van der Waals surface area contributed by atoms with Crippen molar-refractivity contribution in [2.24, 2.45) is 5.92 Å². The van der Waals surface area contributed by atoms with Gasteiger partial charge in [0.25, 0.3) is 0 Å². The van der Waals surface area contributed by atoms with E-state index in [2.05, 4.69) is 4.90 Å². The Labute approximate surface area is 146 Å². The van der Waals surface area contributed by atoms with Crippen LogP contribution in [0.1, 0.15) is 43.2 Å². The maximum atomic E-state index is 12.7. The monoisotopic (exact) mass is 341 g/mol. The van der Waals surface area contributed by atoms with E-state index in [0.717, 1.165) is 43.0 Å². The van der Waals surface area contributed by atoms with Crippen molar-refractivity contribution in [3.63, 3.8) is 0 Å². The fourth-order valence-corrected chi connectivity index (χ4v) is 6.26. The molecule has 2 N–H and O–H groups in total. The number of benzene rings is 1. The molecule has 2 bridgehead atoms. The summed E-state index contributed by atoms with van der Waals surface area (Å²) in [5.41, 5.74) is 0.454. The van der Waals surface area contributed by atoms with E-state index in [1.807, 2.05) is 6.07 Å². The Morgan fingerprint density at radius 1 is 1.28 bits per heavy atom. The quantitative estimate of drug-likeness (QED) is 0.854. The Morgan fingerprint density at radius 2 is 2.12 bits per heavy atom. The van der Waals surface area contributed by atoms with Gasteiger partial charge in [-0.05, 0) is 56.2 Å². The molecule has 4 atom stereocenters. The molecular weight excluding hydrogens is 318 g/mol. The number of ketones is 1. The summed E-state index contributed by atoms with van der Waals surface area (Å²) >= 11 is 0. The number of hydrogen-bond donors (Lipinski definition) is 2. The average molecular weight is 341 g/mol. The third-order valence-electron chi connectivity index (χ3n) is 7.56. The summed E-state index contributed by atoms with van der Waals surface area (Å²) in [6.45, 7) is 1.95. The van der Waals surface area contributed by atoms with Crippen molar-refractivity contribution < 1.29 is 19.7 Å². The first-order valence-corrected chi connectivity index (χ1v) is 9.56. The van der Waals surface area contributed by atoms with Crippen molar-refractivity contribution in [3.05, 3.63) is 23.3 Å². The highest BCUT2D eigenvalue weighted by atomic mass is 16.5. The molecule has 5 nitrogen and oxygen atoms in total. The van der Waals surface area contributed by atoms with Crippen LogP contribution in [0.4, 0.5) is 0 Å². The summed E-state index contributed by atoms with van der Waals surface area (Å²) < 4.78 is 6.04. The normalized spacial score (nSPS) is 41.4. The summed E-state index contributed by atoms with van der Waals surface area (Å²) in [6, 6.07) is 3.69. The molecule has 132 valence electrons. The molecule has 1 saturated heterocycles. The Kier molecular flexibility index (Phi) is 2.55. The smallest absolute Gasteiger partial charge is 0.174 e. The van der Waals surface area contributed by atoms with E-state index < -0.39 is 17.1 Å². The number of piperidine rings is 1. The molecule has 2 saturated carbocycles. The third kappa shape index (κ3) is 1.56. The molecule has 2 aliphatic heterocycles. The summed E-state index contributed by atoms with van der Waals surface area (Å²) in [5.74, 6) is 1.39. The van der Waals surface area contributed by atoms with Gasteiger partial charge >= 0.3 is 0 Å². The number of phenolic OH excluding ortho intramolecular Hbond substituents is 1. The molecule has 5 heteroatoms. The first-order valence-electron chi connectivity index (χ1n) is 9.56. The number of Topliss-reactive ketones (excluding diaryl/α,β-unsaturated/α-hetero) is 1. The van der Waals surface area contributed by atoms with Crippen LogP contribution >= 0.6 is 0 Å². The summed E-state index contributed by atoms with van der Waals surface area (Å²) in [4.78, 5) is 15.2. The van der Waals surface area contributed by atoms with E-state index in [4.69, 9.17) is 4.74 Å². The van der Waals surface area contributed by atoms with Crippen LogP contribution in [-0.4, -0.2) is 51.7 Å². The van der Waals surface area contributed by atoms with E-state index in [0.29, 0.717) is 18.6 Å². The average Bonchev–Trinajstić information content (AvgIpc) is 3.32. The number of aromatic hydroxyl groups is 1. The van der Waals surface area contributed by atoms with Gasteiger partial charge in [0.1, 0.15) is 0 Å². The molecule has 25 heavy (non-hydrogen) atoms. The second-order valence-electron chi connectivity index (χ2n) is 8.72. The van der Waals surface area contributed by atoms with Crippen molar-refractivity contribution >= 4 is 5.78 Å². The third-order valence-corrected chi connectivity index (χ3v) is 7.56.